The maximum absolute atomic E-state index is 11.3. The van der Waals surface area contributed by atoms with Crippen LogP contribution < -0.4 is 4.90 Å². The van der Waals surface area contributed by atoms with Crippen LogP contribution in [0.25, 0.3) is 0 Å². The molecule has 1 aliphatic heterocycles. The maximum atomic E-state index is 11.3. The van der Waals surface area contributed by atoms with Gasteiger partial charge in [0.25, 0.3) is 0 Å². The third-order valence-electron chi connectivity index (χ3n) is 3.26. The number of hydrogen-bond acceptors (Lipinski definition) is 4. The monoisotopic (exact) mass is 244 g/mol. The summed E-state index contributed by atoms with van der Waals surface area (Å²) in [6.07, 6.45) is 2.02. The van der Waals surface area contributed by atoms with Gasteiger partial charge in [-0.15, -0.1) is 0 Å². The second kappa shape index (κ2) is 5.54. The molecule has 2 rings (SSSR count). The molecule has 1 fully saturated rings. The number of methoxy groups -OCH3 is 1. The van der Waals surface area contributed by atoms with E-state index >= 15 is 0 Å². The van der Waals surface area contributed by atoms with Crippen LogP contribution in [0.4, 0.5) is 5.69 Å². The highest BCUT2D eigenvalue weighted by Gasteiger charge is 2.19. The Morgan fingerprint density at radius 2 is 2.17 bits per heavy atom. The average molecular weight is 244 g/mol. The van der Waals surface area contributed by atoms with Crippen molar-refractivity contribution in [3.05, 3.63) is 29.8 Å². The maximum Gasteiger partial charge on any atom is 0.337 e. The number of nitriles is 1. The lowest BCUT2D eigenvalue weighted by atomic mass is 9.99. The molecule has 1 aromatic carbocycles. The van der Waals surface area contributed by atoms with E-state index in [1.807, 2.05) is 12.1 Å². The van der Waals surface area contributed by atoms with Crippen molar-refractivity contribution in [3.63, 3.8) is 0 Å². The van der Waals surface area contributed by atoms with Crippen LogP contribution in [-0.2, 0) is 4.74 Å². The quantitative estimate of drug-likeness (QED) is 0.748. The van der Waals surface area contributed by atoms with Gasteiger partial charge >= 0.3 is 5.97 Å². The van der Waals surface area contributed by atoms with Crippen LogP contribution in [0.15, 0.2) is 24.3 Å². The molecule has 1 saturated heterocycles. The van der Waals surface area contributed by atoms with Crippen LogP contribution in [0.2, 0.25) is 0 Å². The smallest absolute Gasteiger partial charge is 0.337 e. The molecule has 18 heavy (non-hydrogen) atoms. The molecule has 1 aromatic rings. The number of anilines is 1. The highest BCUT2D eigenvalue weighted by Crippen LogP contribution is 2.23. The fraction of sp³-hybridized carbons (Fsp3) is 0.429. The van der Waals surface area contributed by atoms with E-state index in [0.717, 1.165) is 31.6 Å². The van der Waals surface area contributed by atoms with E-state index in [2.05, 4.69) is 15.7 Å². The molecule has 1 aliphatic rings. The van der Waals surface area contributed by atoms with Gasteiger partial charge in [0.1, 0.15) is 0 Å². The number of hydrogen-bond donors (Lipinski definition) is 0. The van der Waals surface area contributed by atoms with Crippen LogP contribution in [0, 0.1) is 17.2 Å². The van der Waals surface area contributed by atoms with Gasteiger partial charge in [0.15, 0.2) is 0 Å². The van der Waals surface area contributed by atoms with E-state index in [9.17, 15) is 4.79 Å². The molecule has 0 aliphatic carbocycles. The van der Waals surface area contributed by atoms with E-state index in [1.54, 1.807) is 12.1 Å². The molecule has 1 unspecified atom stereocenters. The summed E-state index contributed by atoms with van der Waals surface area (Å²) in [7, 11) is 1.37. The van der Waals surface area contributed by atoms with E-state index in [-0.39, 0.29) is 11.9 Å². The number of piperidine rings is 1. The van der Waals surface area contributed by atoms with Gasteiger partial charge in [-0.05, 0) is 37.1 Å². The SMILES string of the molecule is COC(=O)c1ccc(N2CCCC(C#N)C2)cc1. The van der Waals surface area contributed by atoms with Gasteiger partial charge in [0, 0.05) is 18.8 Å². The summed E-state index contributed by atoms with van der Waals surface area (Å²) in [5, 5.41) is 8.97. The predicted octanol–water partition coefficient (Wildman–Crippen LogP) is 2.21. The number of carbonyl (C=O) groups is 1. The molecule has 0 saturated carbocycles. The van der Waals surface area contributed by atoms with Crippen LogP contribution in [0.3, 0.4) is 0 Å². The first-order valence-corrected chi connectivity index (χ1v) is 6.07. The Kier molecular flexibility index (Phi) is 3.83. The Morgan fingerprint density at radius 1 is 1.44 bits per heavy atom. The molecule has 0 N–H and O–H groups in total. The second-order valence-electron chi connectivity index (χ2n) is 4.45. The first-order valence-electron chi connectivity index (χ1n) is 6.07. The van der Waals surface area contributed by atoms with Crippen molar-refractivity contribution in [3.8, 4) is 6.07 Å². The summed E-state index contributed by atoms with van der Waals surface area (Å²) in [6, 6.07) is 9.67. The lowest BCUT2D eigenvalue weighted by Gasteiger charge is -2.31. The number of benzene rings is 1. The number of esters is 1. The molecular formula is C14H16N2O2. The number of carbonyl (C=O) groups excluding carboxylic acids is 1. The first kappa shape index (κ1) is 12.4. The molecule has 4 heteroatoms. The molecule has 94 valence electrons. The van der Waals surface area contributed by atoms with Crippen molar-refractivity contribution in [1.29, 1.82) is 5.26 Å². The van der Waals surface area contributed by atoms with Crippen LogP contribution in [-0.4, -0.2) is 26.2 Å². The molecule has 1 heterocycles. The van der Waals surface area contributed by atoms with Gasteiger partial charge < -0.3 is 9.64 Å². The fourth-order valence-electron chi connectivity index (χ4n) is 2.24. The third-order valence-corrected chi connectivity index (χ3v) is 3.26. The molecule has 4 nitrogen and oxygen atoms in total. The second-order valence-corrected chi connectivity index (χ2v) is 4.45. The van der Waals surface area contributed by atoms with Gasteiger partial charge in [0.05, 0.1) is 24.7 Å². The van der Waals surface area contributed by atoms with Gasteiger partial charge in [0.2, 0.25) is 0 Å². The molecule has 0 spiro atoms. The fourth-order valence-corrected chi connectivity index (χ4v) is 2.24. The molecular weight excluding hydrogens is 228 g/mol. The van der Waals surface area contributed by atoms with Crippen molar-refractivity contribution >= 4 is 11.7 Å². The van der Waals surface area contributed by atoms with E-state index in [1.165, 1.54) is 7.11 Å². The highest BCUT2D eigenvalue weighted by atomic mass is 16.5. The minimum absolute atomic E-state index is 0.110. The van der Waals surface area contributed by atoms with Crippen LogP contribution in [0.1, 0.15) is 23.2 Å². The van der Waals surface area contributed by atoms with Crippen LogP contribution in [0.5, 0.6) is 0 Å². The summed E-state index contributed by atoms with van der Waals surface area (Å²) in [6.45, 7) is 1.74. The lowest BCUT2D eigenvalue weighted by Crippen LogP contribution is -2.34. The largest absolute Gasteiger partial charge is 0.465 e. The molecule has 0 radical (unpaired) electrons. The van der Waals surface area contributed by atoms with Crippen molar-refractivity contribution < 1.29 is 9.53 Å². The molecule has 0 aromatic heterocycles. The Hall–Kier alpha value is -2.02. The zero-order valence-electron chi connectivity index (χ0n) is 10.4. The van der Waals surface area contributed by atoms with Gasteiger partial charge in [-0.25, -0.2) is 4.79 Å². The van der Waals surface area contributed by atoms with Gasteiger partial charge in [-0.3, -0.25) is 0 Å². The minimum atomic E-state index is -0.324. The van der Waals surface area contributed by atoms with E-state index in [4.69, 9.17) is 5.26 Å². The number of ether oxygens (including phenoxy) is 1. The van der Waals surface area contributed by atoms with E-state index < -0.39 is 0 Å². The Bertz CT molecular complexity index is 462. The third kappa shape index (κ3) is 2.62. The molecule has 0 bridgehead atoms. The van der Waals surface area contributed by atoms with Gasteiger partial charge in [-0.2, -0.15) is 5.26 Å². The minimum Gasteiger partial charge on any atom is -0.465 e. The number of nitrogens with zero attached hydrogens (tertiary/aromatic N) is 2. The predicted molar refractivity (Wildman–Crippen MR) is 68.3 cm³/mol. The summed E-state index contributed by atoms with van der Waals surface area (Å²) < 4.78 is 4.66. The summed E-state index contributed by atoms with van der Waals surface area (Å²) in [5.74, 6) is -0.214. The van der Waals surface area contributed by atoms with Crippen molar-refractivity contribution in [2.45, 2.75) is 12.8 Å². The first-order chi connectivity index (χ1) is 8.74. The van der Waals surface area contributed by atoms with Crippen molar-refractivity contribution in [2.75, 3.05) is 25.1 Å². The van der Waals surface area contributed by atoms with Crippen LogP contribution >= 0.6 is 0 Å². The Morgan fingerprint density at radius 3 is 2.78 bits per heavy atom. The van der Waals surface area contributed by atoms with Crippen molar-refractivity contribution in [2.24, 2.45) is 5.92 Å². The van der Waals surface area contributed by atoms with E-state index in [0.29, 0.717) is 5.56 Å². The average Bonchev–Trinajstić information content (AvgIpc) is 2.46. The van der Waals surface area contributed by atoms with Gasteiger partial charge in [-0.1, -0.05) is 0 Å². The highest BCUT2D eigenvalue weighted by molar-refractivity contribution is 5.89. The Balaban J connectivity index is 2.10. The zero-order valence-corrected chi connectivity index (χ0v) is 10.4. The summed E-state index contributed by atoms with van der Waals surface area (Å²) in [5.41, 5.74) is 1.61. The molecule has 1 atom stereocenters. The normalized spacial score (nSPS) is 19.1. The number of rotatable bonds is 2. The molecule has 0 amide bonds. The Labute approximate surface area is 107 Å². The summed E-state index contributed by atoms with van der Waals surface area (Å²) >= 11 is 0. The van der Waals surface area contributed by atoms with Crippen molar-refractivity contribution in [1.82, 2.24) is 0 Å². The topological polar surface area (TPSA) is 53.3 Å². The lowest BCUT2D eigenvalue weighted by molar-refractivity contribution is 0.0601. The summed E-state index contributed by atoms with van der Waals surface area (Å²) in [4.78, 5) is 13.5. The standard InChI is InChI=1S/C14H16N2O2/c1-18-14(17)12-4-6-13(7-5-12)16-8-2-3-11(9-15)10-16/h4-7,11H,2-3,8,10H2,1H3. The zero-order chi connectivity index (χ0) is 13.0.